The highest BCUT2D eigenvalue weighted by atomic mass is 79.9. The van der Waals surface area contributed by atoms with Gasteiger partial charge in [-0.15, -0.1) is 0 Å². The van der Waals surface area contributed by atoms with Crippen LogP contribution in [0.2, 0.25) is 5.02 Å². The molecule has 2 aromatic rings. The van der Waals surface area contributed by atoms with E-state index in [0.29, 0.717) is 22.7 Å². The summed E-state index contributed by atoms with van der Waals surface area (Å²) in [6.07, 6.45) is -0.274. The van der Waals surface area contributed by atoms with E-state index in [4.69, 9.17) is 21.1 Å². The third-order valence-corrected chi connectivity index (χ3v) is 8.86. The van der Waals surface area contributed by atoms with E-state index in [0.717, 1.165) is 5.56 Å². The number of nitrogens with zero attached hydrogens (tertiary/aromatic N) is 1. The number of anilines is 1. The van der Waals surface area contributed by atoms with Gasteiger partial charge in [-0.3, -0.25) is 14.4 Å². The number of fused-ring (bicyclic) bond motifs is 1. The number of nitrogens with one attached hydrogen (secondary N) is 1. The number of halogens is 2. The molecule has 1 unspecified atom stereocenters. The zero-order valence-corrected chi connectivity index (χ0v) is 22.7. The van der Waals surface area contributed by atoms with Gasteiger partial charge < -0.3 is 24.8 Å². The Morgan fingerprint density at radius 3 is 2.65 bits per heavy atom. The van der Waals surface area contributed by atoms with E-state index in [1.165, 1.54) is 4.90 Å². The Bertz CT molecular complexity index is 1210. The summed E-state index contributed by atoms with van der Waals surface area (Å²) >= 11 is 10.0. The number of benzene rings is 2. The average Bonchev–Trinajstić information content (AvgIpc) is 3.46. The largest absolute Gasteiger partial charge is 0.466 e. The molecular weight excluding hydrogens is 564 g/mol. The molecule has 196 valence electrons. The number of aliphatic hydroxyl groups excluding tert-OH is 1. The first-order chi connectivity index (χ1) is 17.7. The Labute approximate surface area is 228 Å². The van der Waals surface area contributed by atoms with Crippen molar-refractivity contribution in [1.82, 2.24) is 4.90 Å². The van der Waals surface area contributed by atoms with Gasteiger partial charge in [-0.05, 0) is 37.5 Å². The Morgan fingerprint density at radius 1 is 1.27 bits per heavy atom. The maximum atomic E-state index is 14.2. The fourth-order valence-electron chi connectivity index (χ4n) is 6.22. The summed E-state index contributed by atoms with van der Waals surface area (Å²) in [4.78, 5) is 42.5. The highest BCUT2D eigenvalue weighted by Crippen LogP contribution is 2.61. The first-order valence-electron chi connectivity index (χ1n) is 12.3. The molecule has 2 amide bonds. The molecule has 3 aliphatic heterocycles. The summed E-state index contributed by atoms with van der Waals surface area (Å²) in [5.74, 6) is -3.24. The summed E-state index contributed by atoms with van der Waals surface area (Å²) in [6.45, 7) is 3.27. The van der Waals surface area contributed by atoms with Gasteiger partial charge in [0.05, 0.1) is 47.9 Å². The second kappa shape index (κ2) is 10.0. The van der Waals surface area contributed by atoms with Crippen LogP contribution in [-0.4, -0.2) is 63.6 Å². The third kappa shape index (κ3) is 4.07. The van der Waals surface area contributed by atoms with Gasteiger partial charge >= 0.3 is 5.97 Å². The van der Waals surface area contributed by atoms with Crippen molar-refractivity contribution in [3.05, 3.63) is 64.7 Å². The van der Waals surface area contributed by atoms with Crippen LogP contribution in [0.3, 0.4) is 0 Å². The summed E-state index contributed by atoms with van der Waals surface area (Å²) in [5.41, 5.74) is 0.576. The maximum Gasteiger partial charge on any atom is 0.312 e. The standard InChI is InChI=1S/C27H28BrClN2O6/c1-3-36-26(35)19-20-25(34)31(18(13-32)15-9-5-4-6-10-15)23(27(20)12-16(28)22(19)37-27)24(33)30-21-14(2)8-7-11-17(21)29/h4-11,16,18-20,22-23,32H,3,12-13H2,1-2H3,(H,30,33)/t16?,18-,19+,20-,22+,23+,27-/m1/s1. The van der Waals surface area contributed by atoms with Crippen LogP contribution in [0.15, 0.2) is 48.5 Å². The third-order valence-electron chi connectivity index (χ3n) is 7.70. The van der Waals surface area contributed by atoms with Crippen molar-refractivity contribution in [1.29, 1.82) is 0 Å². The van der Waals surface area contributed by atoms with Crippen LogP contribution >= 0.6 is 27.5 Å². The SMILES string of the molecule is CCOC(=O)[C@@H]1[C@H]2O[C@@]3(CC2Br)[C@H](C(=O)Nc2c(C)cccc2Cl)N([C@H](CO)c2ccccc2)C(=O)[C@@H]13. The molecule has 2 N–H and O–H groups in total. The Morgan fingerprint density at radius 2 is 2.00 bits per heavy atom. The number of para-hydroxylation sites is 1. The number of carbonyl (C=O) groups excluding carboxylic acids is 3. The van der Waals surface area contributed by atoms with Crippen LogP contribution in [0.25, 0.3) is 0 Å². The number of aliphatic hydroxyl groups is 1. The average molecular weight is 592 g/mol. The van der Waals surface area contributed by atoms with Gasteiger partial charge in [0, 0.05) is 4.83 Å². The lowest BCUT2D eigenvalue weighted by Crippen LogP contribution is -2.55. The molecule has 0 aromatic heterocycles. The molecule has 0 radical (unpaired) electrons. The Hall–Kier alpha value is -2.46. The van der Waals surface area contributed by atoms with Crippen LogP contribution in [0.4, 0.5) is 5.69 Å². The number of likely N-dealkylation sites (tertiary alicyclic amines) is 1. The molecule has 7 atom stereocenters. The monoisotopic (exact) mass is 590 g/mol. The molecule has 3 fully saturated rings. The number of carbonyl (C=O) groups is 3. The lowest BCUT2D eigenvalue weighted by molar-refractivity contribution is -0.155. The second-order valence-electron chi connectivity index (χ2n) is 9.69. The number of ether oxygens (including phenoxy) is 2. The normalized spacial score (nSPS) is 30.8. The van der Waals surface area contributed by atoms with Gasteiger partial charge in [-0.1, -0.05) is 70.0 Å². The maximum absolute atomic E-state index is 14.2. The lowest BCUT2D eigenvalue weighted by atomic mass is 9.70. The van der Waals surface area contributed by atoms with Crippen molar-refractivity contribution in [3.8, 4) is 0 Å². The zero-order chi connectivity index (χ0) is 26.5. The van der Waals surface area contributed by atoms with Gasteiger partial charge in [0.2, 0.25) is 11.8 Å². The van der Waals surface area contributed by atoms with Crippen molar-refractivity contribution in [2.24, 2.45) is 11.8 Å². The van der Waals surface area contributed by atoms with Gasteiger partial charge in [-0.25, -0.2) is 0 Å². The minimum Gasteiger partial charge on any atom is -0.466 e. The van der Waals surface area contributed by atoms with Crippen molar-refractivity contribution in [2.45, 2.75) is 48.9 Å². The molecule has 37 heavy (non-hydrogen) atoms. The molecule has 3 heterocycles. The van der Waals surface area contributed by atoms with E-state index in [1.807, 2.05) is 19.1 Å². The quantitative estimate of drug-likeness (QED) is 0.376. The zero-order valence-electron chi connectivity index (χ0n) is 20.4. The molecule has 0 saturated carbocycles. The number of amides is 2. The number of aryl methyl sites for hydroxylation is 1. The molecule has 10 heteroatoms. The van der Waals surface area contributed by atoms with E-state index < -0.39 is 60.0 Å². The first kappa shape index (κ1) is 26.2. The molecular formula is C27H28BrClN2O6. The summed E-state index contributed by atoms with van der Waals surface area (Å²) in [6, 6.07) is 12.4. The van der Waals surface area contributed by atoms with Gasteiger partial charge in [-0.2, -0.15) is 0 Å². The molecule has 0 aliphatic carbocycles. The predicted molar refractivity (Wildman–Crippen MR) is 140 cm³/mol. The Kier molecular flexibility index (Phi) is 7.08. The fraction of sp³-hybridized carbons (Fsp3) is 0.444. The summed E-state index contributed by atoms with van der Waals surface area (Å²) < 4.78 is 11.8. The van der Waals surface area contributed by atoms with Crippen LogP contribution in [0, 0.1) is 18.8 Å². The van der Waals surface area contributed by atoms with Crippen LogP contribution < -0.4 is 5.32 Å². The molecule has 3 saturated heterocycles. The van der Waals surface area contributed by atoms with E-state index in [2.05, 4.69) is 21.2 Å². The molecule has 2 bridgehead atoms. The van der Waals surface area contributed by atoms with Gasteiger partial charge in [0.25, 0.3) is 0 Å². The summed E-state index contributed by atoms with van der Waals surface area (Å²) in [5, 5.41) is 13.8. The second-order valence-corrected chi connectivity index (χ2v) is 11.3. The van der Waals surface area contributed by atoms with E-state index in [1.54, 1.807) is 43.3 Å². The fourth-order valence-corrected chi connectivity index (χ4v) is 7.43. The van der Waals surface area contributed by atoms with E-state index >= 15 is 0 Å². The summed E-state index contributed by atoms with van der Waals surface area (Å²) in [7, 11) is 0. The van der Waals surface area contributed by atoms with Crippen molar-refractivity contribution in [3.63, 3.8) is 0 Å². The number of esters is 1. The van der Waals surface area contributed by atoms with Crippen molar-refractivity contribution < 1.29 is 29.0 Å². The van der Waals surface area contributed by atoms with Gasteiger partial charge in [0.15, 0.2) is 0 Å². The molecule has 3 aliphatic rings. The number of hydrogen-bond acceptors (Lipinski definition) is 6. The van der Waals surface area contributed by atoms with Crippen LogP contribution in [-0.2, 0) is 23.9 Å². The molecule has 2 aromatic carbocycles. The van der Waals surface area contributed by atoms with Crippen molar-refractivity contribution >= 4 is 51.0 Å². The van der Waals surface area contributed by atoms with E-state index in [9.17, 15) is 19.5 Å². The first-order valence-corrected chi connectivity index (χ1v) is 13.6. The predicted octanol–water partition coefficient (Wildman–Crippen LogP) is 3.63. The number of alkyl halides is 1. The molecule has 5 rings (SSSR count). The molecule has 8 nitrogen and oxygen atoms in total. The number of hydrogen-bond donors (Lipinski definition) is 2. The minimum absolute atomic E-state index is 0.158. The molecule has 1 spiro atoms. The van der Waals surface area contributed by atoms with Crippen LogP contribution in [0.1, 0.15) is 30.5 Å². The number of rotatable bonds is 7. The topological polar surface area (TPSA) is 105 Å². The van der Waals surface area contributed by atoms with E-state index in [-0.39, 0.29) is 11.4 Å². The van der Waals surface area contributed by atoms with Crippen molar-refractivity contribution in [2.75, 3.05) is 18.5 Å². The smallest absolute Gasteiger partial charge is 0.312 e. The lowest BCUT2D eigenvalue weighted by Gasteiger charge is -2.37. The highest BCUT2D eigenvalue weighted by Gasteiger charge is 2.77. The Balaban J connectivity index is 1.63. The highest BCUT2D eigenvalue weighted by molar-refractivity contribution is 9.09. The van der Waals surface area contributed by atoms with Crippen LogP contribution in [0.5, 0.6) is 0 Å². The van der Waals surface area contributed by atoms with Gasteiger partial charge in [0.1, 0.15) is 11.6 Å². The minimum atomic E-state index is -1.28.